The van der Waals surface area contributed by atoms with Gasteiger partial charge in [0.2, 0.25) is 0 Å². The summed E-state index contributed by atoms with van der Waals surface area (Å²) in [4.78, 5) is 11.0. The Morgan fingerprint density at radius 3 is 2.53 bits per heavy atom. The lowest BCUT2D eigenvalue weighted by atomic mass is 9.93. The van der Waals surface area contributed by atoms with E-state index in [1.165, 1.54) is 0 Å². The first-order chi connectivity index (χ1) is 8.01. The fourth-order valence-corrected chi connectivity index (χ4v) is 1.94. The molecule has 4 heteroatoms. The molecule has 2 atom stereocenters. The quantitative estimate of drug-likeness (QED) is 0.822. The van der Waals surface area contributed by atoms with Crippen LogP contribution in [0.3, 0.4) is 0 Å². The van der Waals surface area contributed by atoms with Crippen LogP contribution in [0.2, 0.25) is 0 Å². The van der Waals surface area contributed by atoms with Crippen molar-refractivity contribution in [3.8, 4) is 5.75 Å². The Morgan fingerprint density at radius 2 is 2.12 bits per heavy atom. The Bertz CT molecular complexity index is 404. The smallest absolute Gasteiger partial charge is 0.308 e. The Labute approximate surface area is 102 Å². The number of carboxylic acids is 1. The first-order valence-electron chi connectivity index (χ1n) is 5.55. The molecule has 0 aliphatic carbocycles. The van der Waals surface area contributed by atoms with Gasteiger partial charge in [0.05, 0.1) is 13.0 Å². The maximum Gasteiger partial charge on any atom is 0.308 e. The number of nitrogens with one attached hydrogen (secondary N) is 1. The number of aliphatic carboxylic acids is 1. The van der Waals surface area contributed by atoms with E-state index in [4.69, 9.17) is 9.84 Å². The zero-order valence-corrected chi connectivity index (χ0v) is 10.7. The lowest BCUT2D eigenvalue weighted by Crippen LogP contribution is -2.28. The number of aryl methyl sites for hydroxylation is 1. The highest BCUT2D eigenvalue weighted by Crippen LogP contribution is 2.26. The van der Waals surface area contributed by atoms with Gasteiger partial charge in [-0.05, 0) is 31.2 Å². The molecule has 0 aromatic heterocycles. The average Bonchev–Trinajstić information content (AvgIpc) is 2.30. The number of ether oxygens (including phenoxy) is 1. The predicted molar refractivity (Wildman–Crippen MR) is 66.3 cm³/mol. The molecular weight excluding hydrogens is 218 g/mol. The highest BCUT2D eigenvalue weighted by atomic mass is 16.5. The summed E-state index contributed by atoms with van der Waals surface area (Å²) in [6, 6.07) is 5.52. The van der Waals surface area contributed by atoms with Gasteiger partial charge in [-0.1, -0.05) is 19.1 Å². The molecule has 2 unspecified atom stereocenters. The number of methoxy groups -OCH3 is 1. The van der Waals surface area contributed by atoms with Gasteiger partial charge in [0.25, 0.3) is 0 Å². The minimum atomic E-state index is -0.808. The van der Waals surface area contributed by atoms with Gasteiger partial charge in [-0.25, -0.2) is 0 Å². The lowest BCUT2D eigenvalue weighted by Gasteiger charge is -2.21. The van der Waals surface area contributed by atoms with Crippen molar-refractivity contribution >= 4 is 5.97 Å². The second-order valence-electron chi connectivity index (χ2n) is 4.12. The van der Waals surface area contributed by atoms with Crippen molar-refractivity contribution in [3.05, 3.63) is 29.3 Å². The van der Waals surface area contributed by atoms with Crippen LogP contribution in [0.5, 0.6) is 5.75 Å². The van der Waals surface area contributed by atoms with E-state index in [1.54, 1.807) is 21.1 Å². The van der Waals surface area contributed by atoms with Crippen molar-refractivity contribution in [2.75, 3.05) is 14.2 Å². The first kappa shape index (κ1) is 13.5. The van der Waals surface area contributed by atoms with Gasteiger partial charge >= 0.3 is 5.97 Å². The van der Waals surface area contributed by atoms with Crippen LogP contribution >= 0.6 is 0 Å². The van der Waals surface area contributed by atoms with Gasteiger partial charge in [0.1, 0.15) is 5.75 Å². The first-order valence-corrected chi connectivity index (χ1v) is 5.55. The monoisotopic (exact) mass is 237 g/mol. The molecule has 0 fully saturated rings. The van der Waals surface area contributed by atoms with Gasteiger partial charge in [-0.15, -0.1) is 0 Å². The average molecular weight is 237 g/mol. The van der Waals surface area contributed by atoms with E-state index in [1.807, 2.05) is 25.1 Å². The molecule has 4 nitrogen and oxygen atoms in total. The van der Waals surface area contributed by atoms with Crippen molar-refractivity contribution in [1.82, 2.24) is 5.32 Å². The summed E-state index contributed by atoms with van der Waals surface area (Å²) in [5.41, 5.74) is 1.96. The Morgan fingerprint density at radius 1 is 1.47 bits per heavy atom. The van der Waals surface area contributed by atoms with Gasteiger partial charge < -0.3 is 15.2 Å². The molecule has 1 aromatic carbocycles. The zero-order valence-electron chi connectivity index (χ0n) is 10.7. The Hall–Kier alpha value is -1.55. The highest BCUT2D eigenvalue weighted by molar-refractivity contribution is 5.70. The molecule has 17 heavy (non-hydrogen) atoms. The SMILES string of the molecule is CNC(c1ccc(OC)c(C)c1)C(C)C(=O)O. The van der Waals surface area contributed by atoms with Gasteiger partial charge in [-0.3, -0.25) is 4.79 Å². The molecule has 1 rings (SSSR count). The Balaban J connectivity index is 3.04. The van der Waals surface area contributed by atoms with E-state index in [2.05, 4.69) is 5.32 Å². The van der Waals surface area contributed by atoms with Crippen LogP contribution < -0.4 is 10.1 Å². The van der Waals surface area contributed by atoms with Gasteiger partial charge in [0, 0.05) is 6.04 Å². The molecule has 0 saturated carbocycles. The largest absolute Gasteiger partial charge is 0.496 e. The van der Waals surface area contributed by atoms with E-state index < -0.39 is 11.9 Å². The molecule has 0 amide bonds. The van der Waals surface area contributed by atoms with Crippen molar-refractivity contribution in [2.45, 2.75) is 19.9 Å². The molecule has 0 heterocycles. The highest BCUT2D eigenvalue weighted by Gasteiger charge is 2.23. The standard InChI is InChI=1S/C13H19NO3/c1-8-7-10(5-6-11(8)17-4)12(14-3)9(2)13(15)16/h5-7,9,12,14H,1-4H3,(H,15,16). The second-order valence-corrected chi connectivity index (χ2v) is 4.12. The van der Waals surface area contributed by atoms with Crippen LogP contribution in [0.1, 0.15) is 24.1 Å². The van der Waals surface area contributed by atoms with E-state index in [0.29, 0.717) is 0 Å². The van der Waals surface area contributed by atoms with E-state index in [9.17, 15) is 4.79 Å². The van der Waals surface area contributed by atoms with Crippen LogP contribution in [-0.2, 0) is 4.79 Å². The summed E-state index contributed by atoms with van der Waals surface area (Å²) in [7, 11) is 3.39. The maximum atomic E-state index is 11.0. The van der Waals surface area contributed by atoms with Crippen LogP contribution in [-0.4, -0.2) is 25.2 Å². The Kier molecular flexibility index (Phi) is 4.52. The minimum Gasteiger partial charge on any atom is -0.496 e. The predicted octanol–water partition coefficient (Wildman–Crippen LogP) is 1.98. The number of hydrogen-bond acceptors (Lipinski definition) is 3. The van der Waals surface area contributed by atoms with E-state index >= 15 is 0 Å². The van der Waals surface area contributed by atoms with Crippen LogP contribution in [0, 0.1) is 12.8 Å². The molecule has 0 spiro atoms. The topological polar surface area (TPSA) is 58.6 Å². The molecule has 0 bridgehead atoms. The number of carboxylic acid groups (broad SMARTS) is 1. The number of hydrogen-bond donors (Lipinski definition) is 2. The summed E-state index contributed by atoms with van der Waals surface area (Å²) in [6.07, 6.45) is 0. The fraction of sp³-hybridized carbons (Fsp3) is 0.462. The zero-order chi connectivity index (χ0) is 13.0. The van der Waals surface area contributed by atoms with Crippen LogP contribution in [0.15, 0.2) is 18.2 Å². The van der Waals surface area contributed by atoms with Crippen molar-refractivity contribution in [2.24, 2.45) is 5.92 Å². The van der Waals surface area contributed by atoms with Gasteiger partial charge in [0.15, 0.2) is 0 Å². The molecule has 94 valence electrons. The maximum absolute atomic E-state index is 11.0. The fourth-order valence-electron chi connectivity index (χ4n) is 1.94. The molecule has 1 aromatic rings. The number of carbonyl (C=O) groups is 1. The summed E-state index contributed by atoms with van der Waals surface area (Å²) in [5, 5.41) is 12.1. The van der Waals surface area contributed by atoms with Crippen LogP contribution in [0.4, 0.5) is 0 Å². The molecular formula is C13H19NO3. The van der Waals surface area contributed by atoms with Crippen molar-refractivity contribution < 1.29 is 14.6 Å². The summed E-state index contributed by atoms with van der Waals surface area (Å²) in [5.74, 6) is -0.475. The minimum absolute atomic E-state index is 0.197. The molecule has 0 aliphatic heterocycles. The van der Waals surface area contributed by atoms with Gasteiger partial charge in [-0.2, -0.15) is 0 Å². The number of benzene rings is 1. The third kappa shape index (κ3) is 2.97. The summed E-state index contributed by atoms with van der Waals surface area (Å²) in [6.45, 7) is 3.64. The van der Waals surface area contributed by atoms with Crippen molar-refractivity contribution in [1.29, 1.82) is 0 Å². The number of rotatable bonds is 5. The third-order valence-corrected chi connectivity index (χ3v) is 2.98. The van der Waals surface area contributed by atoms with E-state index in [0.717, 1.165) is 16.9 Å². The summed E-state index contributed by atoms with van der Waals surface area (Å²) >= 11 is 0. The van der Waals surface area contributed by atoms with E-state index in [-0.39, 0.29) is 6.04 Å². The lowest BCUT2D eigenvalue weighted by molar-refractivity contribution is -0.142. The van der Waals surface area contributed by atoms with Crippen LogP contribution in [0.25, 0.3) is 0 Å². The summed E-state index contributed by atoms with van der Waals surface area (Å²) < 4.78 is 5.18. The molecule has 0 saturated heterocycles. The normalized spacial score (nSPS) is 14.1. The molecule has 2 N–H and O–H groups in total. The van der Waals surface area contributed by atoms with Crippen molar-refractivity contribution in [3.63, 3.8) is 0 Å². The molecule has 0 radical (unpaired) electrons. The second kappa shape index (κ2) is 5.68. The third-order valence-electron chi connectivity index (χ3n) is 2.98. The molecule has 0 aliphatic rings.